The van der Waals surface area contributed by atoms with Crippen LogP contribution in [0.2, 0.25) is 0 Å². The van der Waals surface area contributed by atoms with Gasteiger partial charge in [-0.15, -0.1) is 5.10 Å². The zero-order valence-electron chi connectivity index (χ0n) is 13.8. The molecule has 0 aliphatic rings. The maximum Gasteiger partial charge on any atom is 0.418 e. The highest BCUT2D eigenvalue weighted by molar-refractivity contribution is 5.93. The number of aromatic amines is 1. The highest BCUT2D eigenvalue weighted by Gasteiger charge is 2.33. The number of nitrogens with one attached hydrogen (secondary N) is 1. The predicted molar refractivity (Wildman–Crippen MR) is 87.7 cm³/mol. The molecule has 0 saturated carbocycles. The number of H-pyrrole nitrogens is 1. The number of halogens is 3. The lowest BCUT2D eigenvalue weighted by atomic mass is 10.1. The third-order valence-electron chi connectivity index (χ3n) is 4.15. The Balaban J connectivity index is 2.04. The van der Waals surface area contributed by atoms with Gasteiger partial charge in [-0.25, -0.2) is 9.78 Å². The van der Waals surface area contributed by atoms with Gasteiger partial charge in [0.2, 0.25) is 0 Å². The second-order valence-electron chi connectivity index (χ2n) is 5.81. The van der Waals surface area contributed by atoms with E-state index in [0.29, 0.717) is 17.8 Å². The minimum Gasteiger partial charge on any atom is -0.305 e. The number of benzene rings is 1. The number of aryl methyl sites for hydroxylation is 2. The number of aromatic nitrogens is 6. The van der Waals surface area contributed by atoms with Gasteiger partial charge < -0.3 is 4.98 Å². The molecular formula is C16H13F3N6O. The smallest absolute Gasteiger partial charge is 0.305 e. The monoisotopic (exact) mass is 362 g/mol. The lowest BCUT2D eigenvalue weighted by molar-refractivity contribution is -0.136. The Labute approximate surface area is 144 Å². The van der Waals surface area contributed by atoms with Crippen LogP contribution in [0.15, 0.2) is 29.2 Å². The SMILES string of the molecule is CCn1cc(-c2nc3c4cccc(C(F)(F)F)c4[nH]c(=O)n3n2)c(C)n1. The molecule has 134 valence electrons. The molecule has 0 amide bonds. The van der Waals surface area contributed by atoms with Gasteiger partial charge in [-0.2, -0.15) is 22.8 Å². The second-order valence-corrected chi connectivity index (χ2v) is 5.81. The Kier molecular flexibility index (Phi) is 3.40. The van der Waals surface area contributed by atoms with E-state index in [1.54, 1.807) is 17.8 Å². The summed E-state index contributed by atoms with van der Waals surface area (Å²) in [5.74, 6) is 0.234. The third-order valence-corrected chi connectivity index (χ3v) is 4.15. The molecule has 1 N–H and O–H groups in total. The van der Waals surface area contributed by atoms with Crippen LogP contribution in [0.3, 0.4) is 0 Å². The van der Waals surface area contributed by atoms with E-state index in [4.69, 9.17) is 0 Å². The Morgan fingerprint density at radius 2 is 2.00 bits per heavy atom. The van der Waals surface area contributed by atoms with Crippen LogP contribution in [0, 0.1) is 6.92 Å². The van der Waals surface area contributed by atoms with Gasteiger partial charge in [0, 0.05) is 18.1 Å². The fourth-order valence-corrected chi connectivity index (χ4v) is 2.91. The summed E-state index contributed by atoms with van der Waals surface area (Å²) in [5.41, 5.74) is -0.668. The minimum absolute atomic E-state index is 0.0634. The van der Waals surface area contributed by atoms with Gasteiger partial charge in [0.05, 0.1) is 22.3 Å². The lowest BCUT2D eigenvalue weighted by Crippen LogP contribution is -2.19. The Bertz CT molecular complexity index is 1200. The largest absolute Gasteiger partial charge is 0.418 e. The highest BCUT2D eigenvalue weighted by Crippen LogP contribution is 2.34. The molecule has 0 saturated heterocycles. The minimum atomic E-state index is -4.59. The molecule has 0 aliphatic heterocycles. The first-order valence-corrected chi connectivity index (χ1v) is 7.83. The molecular weight excluding hydrogens is 349 g/mol. The van der Waals surface area contributed by atoms with Crippen molar-refractivity contribution in [1.82, 2.24) is 29.4 Å². The van der Waals surface area contributed by atoms with Gasteiger partial charge in [-0.05, 0) is 26.0 Å². The van der Waals surface area contributed by atoms with E-state index in [0.717, 1.165) is 10.6 Å². The van der Waals surface area contributed by atoms with E-state index in [1.165, 1.54) is 12.1 Å². The molecule has 26 heavy (non-hydrogen) atoms. The molecule has 10 heteroatoms. The van der Waals surface area contributed by atoms with Crippen molar-refractivity contribution in [2.75, 3.05) is 0 Å². The quantitative estimate of drug-likeness (QED) is 0.595. The molecule has 0 atom stereocenters. The van der Waals surface area contributed by atoms with Crippen molar-refractivity contribution < 1.29 is 13.2 Å². The van der Waals surface area contributed by atoms with E-state index < -0.39 is 17.4 Å². The first-order valence-electron chi connectivity index (χ1n) is 7.83. The molecule has 0 fully saturated rings. The molecule has 0 unspecified atom stereocenters. The summed E-state index contributed by atoms with van der Waals surface area (Å²) in [4.78, 5) is 18.9. The van der Waals surface area contributed by atoms with Gasteiger partial charge in [0.15, 0.2) is 11.5 Å². The second kappa shape index (κ2) is 5.41. The summed E-state index contributed by atoms with van der Waals surface area (Å²) in [6, 6.07) is 3.66. The van der Waals surface area contributed by atoms with Crippen LogP contribution in [0.25, 0.3) is 27.9 Å². The van der Waals surface area contributed by atoms with E-state index in [2.05, 4.69) is 20.2 Å². The van der Waals surface area contributed by atoms with Crippen molar-refractivity contribution in [3.8, 4) is 11.4 Å². The Hall–Kier alpha value is -3.17. The maximum absolute atomic E-state index is 13.2. The van der Waals surface area contributed by atoms with Gasteiger partial charge in [-0.1, -0.05) is 6.07 Å². The number of fused-ring (bicyclic) bond motifs is 3. The number of rotatable bonds is 2. The van der Waals surface area contributed by atoms with Crippen LogP contribution in [-0.2, 0) is 12.7 Å². The molecule has 0 bridgehead atoms. The number of hydrogen-bond donors (Lipinski definition) is 1. The zero-order valence-corrected chi connectivity index (χ0v) is 13.8. The Morgan fingerprint density at radius 1 is 1.23 bits per heavy atom. The third kappa shape index (κ3) is 2.37. The topological polar surface area (TPSA) is 80.9 Å². The van der Waals surface area contributed by atoms with Crippen LogP contribution in [0.5, 0.6) is 0 Å². The standard InChI is InChI=1S/C16H13F3N6O/c1-3-24-7-10(8(2)22-24)13-21-14-9-5-4-6-11(16(17,18)19)12(9)20-15(26)25(14)23-13/h4-7H,3H2,1-2H3,(H,20,26). The fraction of sp³-hybridized carbons (Fsp3) is 0.250. The molecule has 4 aromatic rings. The van der Waals surface area contributed by atoms with Gasteiger partial charge in [0.1, 0.15) is 0 Å². The maximum atomic E-state index is 13.2. The molecule has 3 heterocycles. The predicted octanol–water partition coefficient (Wildman–Crippen LogP) is 2.78. The fourth-order valence-electron chi connectivity index (χ4n) is 2.91. The summed E-state index contributed by atoms with van der Waals surface area (Å²) < 4.78 is 42.4. The number of hydrogen-bond acceptors (Lipinski definition) is 4. The average Bonchev–Trinajstić information content (AvgIpc) is 3.17. The van der Waals surface area contributed by atoms with Crippen LogP contribution in [-0.4, -0.2) is 29.4 Å². The summed E-state index contributed by atoms with van der Waals surface area (Å²) >= 11 is 0. The first kappa shape index (κ1) is 16.3. The summed E-state index contributed by atoms with van der Waals surface area (Å²) in [5, 5.41) is 8.63. The van der Waals surface area contributed by atoms with Crippen molar-refractivity contribution >= 4 is 16.6 Å². The van der Waals surface area contributed by atoms with Gasteiger partial charge >= 0.3 is 11.9 Å². The Morgan fingerprint density at radius 3 is 2.65 bits per heavy atom. The number of para-hydroxylation sites is 1. The van der Waals surface area contributed by atoms with Crippen molar-refractivity contribution in [2.45, 2.75) is 26.6 Å². The van der Waals surface area contributed by atoms with Crippen molar-refractivity contribution in [3.63, 3.8) is 0 Å². The average molecular weight is 362 g/mol. The van der Waals surface area contributed by atoms with Crippen LogP contribution >= 0.6 is 0 Å². The molecule has 0 aliphatic carbocycles. The number of alkyl halides is 3. The zero-order chi connectivity index (χ0) is 18.6. The van der Waals surface area contributed by atoms with Crippen molar-refractivity contribution in [3.05, 3.63) is 46.1 Å². The highest BCUT2D eigenvalue weighted by atomic mass is 19.4. The van der Waals surface area contributed by atoms with Crippen LogP contribution < -0.4 is 5.69 Å². The summed E-state index contributed by atoms with van der Waals surface area (Å²) in [6.07, 6.45) is -2.86. The molecule has 0 spiro atoms. The number of nitrogens with zero attached hydrogens (tertiary/aromatic N) is 5. The van der Waals surface area contributed by atoms with Crippen molar-refractivity contribution in [2.24, 2.45) is 0 Å². The normalized spacial score (nSPS) is 12.3. The lowest BCUT2D eigenvalue weighted by Gasteiger charge is -2.09. The van der Waals surface area contributed by atoms with E-state index in [9.17, 15) is 18.0 Å². The van der Waals surface area contributed by atoms with E-state index in [1.807, 2.05) is 6.92 Å². The molecule has 3 aromatic heterocycles. The van der Waals surface area contributed by atoms with Gasteiger partial charge in [0.25, 0.3) is 0 Å². The van der Waals surface area contributed by atoms with Crippen molar-refractivity contribution in [1.29, 1.82) is 0 Å². The first-order chi connectivity index (χ1) is 12.3. The molecule has 4 rings (SSSR count). The van der Waals surface area contributed by atoms with E-state index >= 15 is 0 Å². The van der Waals surface area contributed by atoms with E-state index in [-0.39, 0.29) is 22.4 Å². The molecule has 7 nitrogen and oxygen atoms in total. The van der Waals surface area contributed by atoms with Crippen LogP contribution in [0.4, 0.5) is 13.2 Å². The van der Waals surface area contributed by atoms with Crippen LogP contribution in [0.1, 0.15) is 18.2 Å². The summed E-state index contributed by atoms with van der Waals surface area (Å²) in [7, 11) is 0. The summed E-state index contributed by atoms with van der Waals surface area (Å²) in [6.45, 7) is 4.34. The molecule has 1 aromatic carbocycles. The van der Waals surface area contributed by atoms with Gasteiger partial charge in [-0.3, -0.25) is 4.68 Å². The molecule has 0 radical (unpaired) electrons.